The van der Waals surface area contributed by atoms with E-state index in [1.54, 1.807) is 12.3 Å². The van der Waals surface area contributed by atoms with Gasteiger partial charge in [-0.15, -0.1) is 0 Å². The SMILES string of the molecule is O=C(NCCc1ccco1)c1cc(Cl)c2ccccc2n1. The Labute approximate surface area is 126 Å². The predicted octanol–water partition coefficient (Wildman–Crippen LogP) is 3.45. The van der Waals surface area contributed by atoms with Crippen molar-refractivity contribution in [3.05, 3.63) is 65.2 Å². The number of hydrogen-bond donors (Lipinski definition) is 1. The van der Waals surface area contributed by atoms with Crippen LogP contribution >= 0.6 is 11.6 Å². The van der Waals surface area contributed by atoms with E-state index in [-0.39, 0.29) is 5.91 Å². The molecule has 4 nitrogen and oxygen atoms in total. The normalized spacial score (nSPS) is 10.7. The van der Waals surface area contributed by atoms with Crippen LogP contribution in [0.5, 0.6) is 0 Å². The fourth-order valence-corrected chi connectivity index (χ4v) is 2.36. The maximum atomic E-state index is 12.1. The van der Waals surface area contributed by atoms with Crippen molar-refractivity contribution in [3.8, 4) is 0 Å². The highest BCUT2D eigenvalue weighted by molar-refractivity contribution is 6.35. The topological polar surface area (TPSA) is 55.1 Å². The minimum absolute atomic E-state index is 0.241. The smallest absolute Gasteiger partial charge is 0.269 e. The van der Waals surface area contributed by atoms with E-state index in [4.69, 9.17) is 16.0 Å². The average molecular weight is 301 g/mol. The van der Waals surface area contributed by atoms with Crippen LogP contribution in [-0.2, 0) is 6.42 Å². The number of carbonyl (C=O) groups is 1. The maximum Gasteiger partial charge on any atom is 0.269 e. The van der Waals surface area contributed by atoms with Crippen molar-refractivity contribution in [2.45, 2.75) is 6.42 Å². The molecule has 0 aliphatic carbocycles. The van der Waals surface area contributed by atoms with Gasteiger partial charge in [-0.1, -0.05) is 29.8 Å². The lowest BCUT2D eigenvalue weighted by Crippen LogP contribution is -2.26. The molecular formula is C16H13ClN2O2. The first-order valence-corrected chi connectivity index (χ1v) is 6.98. The van der Waals surface area contributed by atoms with Gasteiger partial charge in [0, 0.05) is 18.4 Å². The molecule has 1 N–H and O–H groups in total. The number of halogens is 1. The van der Waals surface area contributed by atoms with Crippen molar-refractivity contribution < 1.29 is 9.21 Å². The van der Waals surface area contributed by atoms with Gasteiger partial charge in [-0.2, -0.15) is 0 Å². The lowest BCUT2D eigenvalue weighted by molar-refractivity contribution is 0.0949. The Morgan fingerprint density at radius 3 is 2.90 bits per heavy atom. The molecule has 0 spiro atoms. The van der Waals surface area contributed by atoms with Crippen molar-refractivity contribution in [2.75, 3.05) is 6.54 Å². The van der Waals surface area contributed by atoms with Gasteiger partial charge in [-0.05, 0) is 24.3 Å². The fraction of sp³-hybridized carbons (Fsp3) is 0.125. The van der Waals surface area contributed by atoms with Crippen molar-refractivity contribution in [1.82, 2.24) is 10.3 Å². The lowest BCUT2D eigenvalue weighted by atomic mass is 10.2. The molecule has 1 amide bonds. The number of fused-ring (bicyclic) bond motifs is 1. The Morgan fingerprint density at radius 2 is 2.10 bits per heavy atom. The Morgan fingerprint density at radius 1 is 1.24 bits per heavy atom. The van der Waals surface area contributed by atoms with Crippen LogP contribution in [0.15, 0.2) is 53.1 Å². The summed E-state index contributed by atoms with van der Waals surface area (Å²) >= 11 is 6.19. The summed E-state index contributed by atoms with van der Waals surface area (Å²) in [6, 6.07) is 12.7. The molecule has 0 saturated heterocycles. The zero-order chi connectivity index (χ0) is 14.7. The van der Waals surface area contributed by atoms with E-state index in [1.807, 2.05) is 36.4 Å². The molecule has 2 heterocycles. The largest absolute Gasteiger partial charge is 0.469 e. The van der Waals surface area contributed by atoms with Gasteiger partial charge in [0.05, 0.1) is 16.8 Å². The van der Waals surface area contributed by atoms with Gasteiger partial charge in [-0.3, -0.25) is 4.79 Å². The highest BCUT2D eigenvalue weighted by atomic mass is 35.5. The lowest BCUT2D eigenvalue weighted by Gasteiger charge is -2.06. The molecule has 0 aliphatic rings. The number of aromatic nitrogens is 1. The van der Waals surface area contributed by atoms with Crippen molar-refractivity contribution in [1.29, 1.82) is 0 Å². The second-order valence-electron chi connectivity index (χ2n) is 4.59. The number of para-hydroxylation sites is 1. The molecule has 0 fully saturated rings. The Bertz CT molecular complexity index is 769. The molecule has 21 heavy (non-hydrogen) atoms. The molecule has 3 aromatic rings. The van der Waals surface area contributed by atoms with Gasteiger partial charge in [0.2, 0.25) is 0 Å². The molecule has 0 aliphatic heterocycles. The summed E-state index contributed by atoms with van der Waals surface area (Å²) in [5, 5.41) is 4.17. The van der Waals surface area contributed by atoms with Crippen LogP contribution in [0.3, 0.4) is 0 Å². The monoisotopic (exact) mass is 300 g/mol. The molecule has 0 saturated carbocycles. The quantitative estimate of drug-likeness (QED) is 0.803. The molecule has 1 aromatic carbocycles. The summed E-state index contributed by atoms with van der Waals surface area (Å²) < 4.78 is 5.21. The summed E-state index contributed by atoms with van der Waals surface area (Å²) in [6.45, 7) is 0.485. The standard InChI is InChI=1S/C16H13ClN2O2/c17-13-10-15(19-14-6-2-1-5-12(13)14)16(20)18-8-7-11-4-3-9-21-11/h1-6,9-10H,7-8H2,(H,18,20). The number of furan rings is 1. The minimum atomic E-state index is -0.241. The minimum Gasteiger partial charge on any atom is -0.469 e. The number of benzene rings is 1. The molecule has 0 bridgehead atoms. The van der Waals surface area contributed by atoms with E-state index < -0.39 is 0 Å². The van der Waals surface area contributed by atoms with Crippen LogP contribution < -0.4 is 5.32 Å². The summed E-state index contributed by atoms with van der Waals surface area (Å²) in [5.74, 6) is 0.592. The predicted molar refractivity (Wildman–Crippen MR) is 81.5 cm³/mol. The maximum absolute atomic E-state index is 12.1. The van der Waals surface area contributed by atoms with Crippen molar-refractivity contribution >= 4 is 28.4 Å². The van der Waals surface area contributed by atoms with E-state index in [2.05, 4.69) is 10.3 Å². The third kappa shape index (κ3) is 3.06. The van der Waals surface area contributed by atoms with Crippen LogP contribution in [-0.4, -0.2) is 17.4 Å². The van der Waals surface area contributed by atoms with Gasteiger partial charge < -0.3 is 9.73 Å². The van der Waals surface area contributed by atoms with Crippen LogP contribution in [0.2, 0.25) is 5.02 Å². The second-order valence-corrected chi connectivity index (χ2v) is 5.00. The van der Waals surface area contributed by atoms with Gasteiger partial charge in [0.15, 0.2) is 0 Å². The van der Waals surface area contributed by atoms with Crippen LogP contribution in [0.4, 0.5) is 0 Å². The summed E-state index contributed by atoms with van der Waals surface area (Å²) in [4.78, 5) is 16.4. The highest BCUT2D eigenvalue weighted by Crippen LogP contribution is 2.22. The molecule has 3 rings (SSSR count). The zero-order valence-corrected chi connectivity index (χ0v) is 11.9. The number of carbonyl (C=O) groups excluding carboxylic acids is 1. The van der Waals surface area contributed by atoms with Crippen LogP contribution in [0.25, 0.3) is 10.9 Å². The van der Waals surface area contributed by atoms with Crippen molar-refractivity contribution in [3.63, 3.8) is 0 Å². The first kappa shape index (κ1) is 13.6. The average Bonchev–Trinajstić information content (AvgIpc) is 3.00. The second kappa shape index (κ2) is 5.97. The zero-order valence-electron chi connectivity index (χ0n) is 11.2. The Hall–Kier alpha value is -2.33. The number of hydrogen-bond acceptors (Lipinski definition) is 3. The number of rotatable bonds is 4. The van der Waals surface area contributed by atoms with E-state index >= 15 is 0 Å². The van der Waals surface area contributed by atoms with Gasteiger partial charge in [0.1, 0.15) is 11.5 Å². The molecule has 0 radical (unpaired) electrons. The third-order valence-electron chi connectivity index (χ3n) is 3.14. The van der Waals surface area contributed by atoms with E-state index in [0.29, 0.717) is 29.2 Å². The number of nitrogens with zero attached hydrogens (tertiary/aromatic N) is 1. The van der Waals surface area contributed by atoms with E-state index in [1.165, 1.54) is 0 Å². The van der Waals surface area contributed by atoms with Gasteiger partial charge in [-0.25, -0.2) is 4.98 Å². The highest BCUT2D eigenvalue weighted by Gasteiger charge is 2.10. The summed E-state index contributed by atoms with van der Waals surface area (Å²) in [5.41, 5.74) is 1.03. The summed E-state index contributed by atoms with van der Waals surface area (Å²) in [6.07, 6.45) is 2.25. The van der Waals surface area contributed by atoms with E-state index in [0.717, 1.165) is 11.1 Å². The van der Waals surface area contributed by atoms with E-state index in [9.17, 15) is 4.79 Å². The first-order valence-electron chi connectivity index (χ1n) is 6.60. The molecule has 5 heteroatoms. The third-order valence-corrected chi connectivity index (χ3v) is 3.45. The fourth-order valence-electron chi connectivity index (χ4n) is 2.09. The van der Waals surface area contributed by atoms with Gasteiger partial charge >= 0.3 is 0 Å². The molecular weight excluding hydrogens is 288 g/mol. The first-order chi connectivity index (χ1) is 10.2. The van der Waals surface area contributed by atoms with Crippen LogP contribution in [0, 0.1) is 0 Å². The molecule has 106 valence electrons. The Balaban J connectivity index is 1.72. The number of amides is 1. The van der Waals surface area contributed by atoms with Crippen molar-refractivity contribution in [2.24, 2.45) is 0 Å². The number of nitrogens with one attached hydrogen (secondary N) is 1. The molecule has 0 atom stereocenters. The summed E-state index contributed by atoms with van der Waals surface area (Å²) in [7, 11) is 0. The van der Waals surface area contributed by atoms with Crippen LogP contribution in [0.1, 0.15) is 16.2 Å². The molecule has 0 unspecified atom stereocenters. The number of pyridine rings is 1. The van der Waals surface area contributed by atoms with Gasteiger partial charge in [0.25, 0.3) is 5.91 Å². The molecule has 2 aromatic heterocycles. The Kier molecular flexibility index (Phi) is 3.88.